The fourth-order valence-electron chi connectivity index (χ4n) is 5.90. The van der Waals surface area contributed by atoms with Crippen molar-refractivity contribution < 1.29 is 0 Å². The van der Waals surface area contributed by atoms with E-state index < -0.39 is 0 Å². The first-order chi connectivity index (χ1) is 19.4. The van der Waals surface area contributed by atoms with Gasteiger partial charge >= 0.3 is 0 Å². The average molecular weight is 517 g/mol. The second-order valence-electron chi connectivity index (χ2n) is 9.81. The first kappa shape index (κ1) is 22.2. The number of aromatic nitrogens is 1. The van der Waals surface area contributed by atoms with Crippen LogP contribution in [0.3, 0.4) is 0 Å². The Labute approximate surface area is 230 Å². The number of nitrogens with zero attached hydrogens (tertiary/aromatic N) is 2. The molecule has 0 N–H and O–H groups in total. The molecule has 0 fully saturated rings. The molecule has 39 heavy (non-hydrogen) atoms. The molecule has 0 aliphatic rings. The Morgan fingerprint density at radius 3 is 1.69 bits per heavy atom. The minimum absolute atomic E-state index is 1.15. The highest BCUT2D eigenvalue weighted by molar-refractivity contribution is 7.26. The zero-order valence-corrected chi connectivity index (χ0v) is 22.0. The highest BCUT2D eigenvalue weighted by atomic mass is 32.1. The lowest BCUT2D eigenvalue weighted by atomic mass is 10.1. The van der Waals surface area contributed by atoms with Crippen molar-refractivity contribution in [3.63, 3.8) is 0 Å². The van der Waals surface area contributed by atoms with Gasteiger partial charge in [0, 0.05) is 48.0 Å². The van der Waals surface area contributed by atoms with Gasteiger partial charge in [-0.25, -0.2) is 0 Å². The van der Waals surface area contributed by atoms with Crippen LogP contribution in [0.1, 0.15) is 0 Å². The van der Waals surface area contributed by atoms with Gasteiger partial charge in [-0.3, -0.25) is 0 Å². The Hall–Kier alpha value is -4.86. The SMILES string of the molecule is c1ccc(N(c2ccccc2)c2cccc3sc4cc(-n5c6ccccc6c6ccccc65)ccc4c23)cc1. The van der Waals surface area contributed by atoms with Crippen molar-refractivity contribution in [1.82, 2.24) is 4.57 Å². The van der Waals surface area contributed by atoms with E-state index >= 15 is 0 Å². The number of thiophene rings is 1. The summed E-state index contributed by atoms with van der Waals surface area (Å²) in [6, 6.07) is 52.3. The molecule has 0 atom stereocenters. The molecule has 0 aliphatic heterocycles. The summed E-state index contributed by atoms with van der Waals surface area (Å²) in [5, 5.41) is 5.15. The van der Waals surface area contributed by atoms with Crippen LogP contribution in [0.15, 0.2) is 146 Å². The van der Waals surface area contributed by atoms with Crippen LogP contribution < -0.4 is 4.90 Å². The Balaban J connectivity index is 1.38. The van der Waals surface area contributed by atoms with E-state index in [-0.39, 0.29) is 0 Å². The van der Waals surface area contributed by atoms with Crippen LogP contribution in [0.4, 0.5) is 17.1 Å². The first-order valence-electron chi connectivity index (χ1n) is 13.2. The average Bonchev–Trinajstić information content (AvgIpc) is 3.54. The third-order valence-corrected chi connectivity index (χ3v) is 8.68. The van der Waals surface area contributed by atoms with Crippen molar-refractivity contribution in [3.8, 4) is 5.69 Å². The van der Waals surface area contributed by atoms with E-state index in [2.05, 4.69) is 155 Å². The summed E-state index contributed by atoms with van der Waals surface area (Å²) < 4.78 is 4.98. The van der Waals surface area contributed by atoms with Crippen LogP contribution in [0, 0.1) is 0 Å². The maximum atomic E-state index is 2.40. The molecular weight excluding hydrogens is 492 g/mol. The molecule has 0 radical (unpaired) electrons. The largest absolute Gasteiger partial charge is 0.310 e. The standard InChI is InChI=1S/C36H24N2S/c1-3-12-25(13-4-1)37(26-14-5-2-6-15-26)33-20-11-21-34-36(33)30-23-22-27(24-35(30)39-34)38-31-18-9-7-16-28(31)29-17-8-10-19-32(29)38/h1-24H. The molecule has 0 saturated carbocycles. The summed E-state index contributed by atoms with van der Waals surface area (Å²) >= 11 is 1.87. The predicted octanol–water partition coefficient (Wildman–Crippen LogP) is 10.6. The molecule has 8 rings (SSSR count). The van der Waals surface area contributed by atoms with Gasteiger partial charge in [-0.1, -0.05) is 84.9 Å². The summed E-state index contributed by atoms with van der Waals surface area (Å²) in [5.74, 6) is 0. The Morgan fingerprint density at radius 1 is 0.462 bits per heavy atom. The fourth-order valence-corrected chi connectivity index (χ4v) is 7.06. The van der Waals surface area contributed by atoms with E-state index in [9.17, 15) is 0 Å². The summed E-state index contributed by atoms with van der Waals surface area (Å²) in [6.07, 6.45) is 0. The molecule has 2 heterocycles. The number of para-hydroxylation sites is 4. The molecule has 0 unspecified atom stereocenters. The number of hydrogen-bond acceptors (Lipinski definition) is 2. The van der Waals surface area contributed by atoms with Gasteiger partial charge in [0.15, 0.2) is 0 Å². The van der Waals surface area contributed by atoms with Crippen LogP contribution in [0.2, 0.25) is 0 Å². The molecule has 0 bridgehead atoms. The van der Waals surface area contributed by atoms with E-state index in [1.54, 1.807) is 0 Å². The normalized spacial score (nSPS) is 11.6. The molecule has 2 nitrogen and oxygen atoms in total. The topological polar surface area (TPSA) is 8.17 Å². The van der Waals surface area contributed by atoms with E-state index in [0.29, 0.717) is 0 Å². The van der Waals surface area contributed by atoms with Gasteiger partial charge in [-0.15, -0.1) is 11.3 Å². The lowest BCUT2D eigenvalue weighted by Gasteiger charge is -2.26. The van der Waals surface area contributed by atoms with Crippen molar-refractivity contribution >= 4 is 70.4 Å². The monoisotopic (exact) mass is 516 g/mol. The third-order valence-electron chi connectivity index (χ3n) is 7.57. The van der Waals surface area contributed by atoms with Gasteiger partial charge in [0.05, 0.1) is 16.7 Å². The smallest absolute Gasteiger partial charge is 0.0554 e. The second kappa shape index (κ2) is 8.87. The first-order valence-corrected chi connectivity index (χ1v) is 14.0. The Kier molecular flexibility index (Phi) is 5.04. The number of fused-ring (bicyclic) bond motifs is 6. The lowest BCUT2D eigenvalue weighted by Crippen LogP contribution is -2.09. The maximum absolute atomic E-state index is 2.40. The molecule has 0 amide bonds. The van der Waals surface area contributed by atoms with Crippen molar-refractivity contribution in [2.24, 2.45) is 0 Å². The van der Waals surface area contributed by atoms with Gasteiger partial charge < -0.3 is 9.47 Å². The lowest BCUT2D eigenvalue weighted by molar-refractivity contribution is 1.19. The van der Waals surface area contributed by atoms with Crippen LogP contribution in [-0.4, -0.2) is 4.57 Å². The van der Waals surface area contributed by atoms with Crippen LogP contribution in [0.5, 0.6) is 0 Å². The van der Waals surface area contributed by atoms with Gasteiger partial charge in [0.1, 0.15) is 0 Å². The van der Waals surface area contributed by atoms with E-state index in [0.717, 1.165) is 11.4 Å². The molecular formula is C36H24N2S. The van der Waals surface area contributed by atoms with Crippen LogP contribution in [0.25, 0.3) is 47.7 Å². The molecule has 0 aliphatic carbocycles. The third kappa shape index (κ3) is 3.48. The maximum Gasteiger partial charge on any atom is 0.0554 e. The van der Waals surface area contributed by atoms with Gasteiger partial charge in [0.25, 0.3) is 0 Å². The number of benzene rings is 6. The van der Waals surface area contributed by atoms with Gasteiger partial charge in [-0.05, 0) is 60.7 Å². The molecule has 2 aromatic heterocycles. The summed E-state index contributed by atoms with van der Waals surface area (Å²) in [5.41, 5.74) is 7.16. The number of rotatable bonds is 4. The van der Waals surface area contributed by atoms with E-state index in [4.69, 9.17) is 0 Å². The minimum Gasteiger partial charge on any atom is -0.310 e. The van der Waals surface area contributed by atoms with Crippen LogP contribution in [-0.2, 0) is 0 Å². The quantitative estimate of drug-likeness (QED) is 0.226. The van der Waals surface area contributed by atoms with Gasteiger partial charge in [-0.2, -0.15) is 0 Å². The Bertz CT molecular complexity index is 2030. The number of anilines is 3. The minimum atomic E-state index is 1.15. The van der Waals surface area contributed by atoms with Gasteiger partial charge in [0.2, 0.25) is 0 Å². The zero-order valence-electron chi connectivity index (χ0n) is 21.2. The molecule has 0 saturated heterocycles. The van der Waals surface area contributed by atoms with Crippen molar-refractivity contribution in [2.45, 2.75) is 0 Å². The molecule has 6 aromatic carbocycles. The van der Waals surface area contributed by atoms with E-state index in [1.165, 1.54) is 53.4 Å². The zero-order chi connectivity index (χ0) is 25.8. The molecule has 184 valence electrons. The summed E-state index contributed by atoms with van der Waals surface area (Å²) in [6.45, 7) is 0. The highest BCUT2D eigenvalue weighted by Gasteiger charge is 2.19. The highest BCUT2D eigenvalue weighted by Crippen LogP contribution is 2.45. The van der Waals surface area contributed by atoms with Crippen molar-refractivity contribution in [3.05, 3.63) is 146 Å². The molecule has 0 spiro atoms. The number of hydrogen-bond donors (Lipinski definition) is 0. The summed E-state index contributed by atoms with van der Waals surface area (Å²) in [4.78, 5) is 2.37. The fraction of sp³-hybridized carbons (Fsp3) is 0. The van der Waals surface area contributed by atoms with Crippen molar-refractivity contribution in [2.75, 3.05) is 4.90 Å². The summed E-state index contributed by atoms with van der Waals surface area (Å²) in [7, 11) is 0. The predicted molar refractivity (Wildman–Crippen MR) is 168 cm³/mol. The molecule has 3 heteroatoms. The van der Waals surface area contributed by atoms with Crippen molar-refractivity contribution in [1.29, 1.82) is 0 Å². The Morgan fingerprint density at radius 2 is 1.05 bits per heavy atom. The van der Waals surface area contributed by atoms with Crippen LogP contribution >= 0.6 is 11.3 Å². The van der Waals surface area contributed by atoms with E-state index in [1.807, 2.05) is 11.3 Å². The molecule has 8 aromatic rings. The second-order valence-corrected chi connectivity index (χ2v) is 10.9.